The van der Waals surface area contributed by atoms with Crippen LogP contribution in [0, 0.1) is 0 Å². The van der Waals surface area contributed by atoms with Gasteiger partial charge in [0, 0.05) is 18.3 Å². The van der Waals surface area contributed by atoms with Gasteiger partial charge in [0.1, 0.15) is 6.54 Å². The first kappa shape index (κ1) is 17.1. The molecule has 0 aliphatic heterocycles. The van der Waals surface area contributed by atoms with Crippen LogP contribution in [0.4, 0.5) is 0 Å². The van der Waals surface area contributed by atoms with Gasteiger partial charge in [0.2, 0.25) is 5.91 Å². The molecule has 1 N–H and O–H groups in total. The molecule has 0 unspecified atom stereocenters. The second-order valence-electron chi connectivity index (χ2n) is 5.28. The van der Waals surface area contributed by atoms with Gasteiger partial charge in [-0.1, -0.05) is 37.3 Å². The van der Waals surface area contributed by atoms with Crippen molar-refractivity contribution < 1.29 is 14.7 Å². The third-order valence-corrected chi connectivity index (χ3v) is 4.20. The van der Waals surface area contributed by atoms with Crippen LogP contribution in [-0.2, 0) is 22.4 Å². The van der Waals surface area contributed by atoms with Crippen molar-refractivity contribution in [3.8, 4) is 0 Å². The topological polar surface area (TPSA) is 70.5 Å². The van der Waals surface area contributed by atoms with Crippen LogP contribution in [0.3, 0.4) is 0 Å². The number of rotatable bonds is 8. The Bertz CT molecular complexity index is 655. The Hall–Kier alpha value is -2.21. The molecule has 6 heteroatoms. The molecule has 0 saturated carbocycles. The van der Waals surface area contributed by atoms with Crippen molar-refractivity contribution in [1.82, 2.24) is 9.88 Å². The highest BCUT2D eigenvalue weighted by Gasteiger charge is 2.17. The molecule has 0 fully saturated rings. The van der Waals surface area contributed by atoms with Gasteiger partial charge in [0.25, 0.3) is 0 Å². The molecule has 0 atom stereocenters. The van der Waals surface area contributed by atoms with E-state index in [0.29, 0.717) is 12.2 Å². The summed E-state index contributed by atoms with van der Waals surface area (Å²) in [6.07, 6.45) is 1.63. The molecule has 0 aliphatic carbocycles. The maximum Gasteiger partial charge on any atom is 0.323 e. The van der Waals surface area contributed by atoms with E-state index in [-0.39, 0.29) is 18.9 Å². The first-order valence-corrected chi connectivity index (χ1v) is 8.43. The van der Waals surface area contributed by atoms with Crippen LogP contribution in [0.25, 0.3) is 0 Å². The summed E-state index contributed by atoms with van der Waals surface area (Å²) in [6, 6.07) is 10.0. The second kappa shape index (κ2) is 8.43. The van der Waals surface area contributed by atoms with Crippen LogP contribution in [-0.4, -0.2) is 40.0 Å². The number of hydrogen-bond donors (Lipinski definition) is 1. The molecule has 0 aliphatic rings. The smallest absolute Gasteiger partial charge is 0.323 e. The Morgan fingerprint density at radius 1 is 1.26 bits per heavy atom. The second-order valence-corrected chi connectivity index (χ2v) is 6.22. The molecule has 1 aromatic carbocycles. The number of nitrogens with zero attached hydrogens (tertiary/aromatic N) is 2. The molecular formula is C17H20N2O3S. The summed E-state index contributed by atoms with van der Waals surface area (Å²) in [7, 11) is 0. The molecule has 0 spiro atoms. The van der Waals surface area contributed by atoms with Crippen molar-refractivity contribution in [2.75, 3.05) is 13.1 Å². The van der Waals surface area contributed by atoms with Gasteiger partial charge in [-0.2, -0.15) is 0 Å². The molecule has 122 valence electrons. The number of benzene rings is 1. The summed E-state index contributed by atoms with van der Waals surface area (Å²) >= 11 is 1.53. The maximum absolute atomic E-state index is 12.2. The van der Waals surface area contributed by atoms with Crippen LogP contribution < -0.4 is 0 Å². The summed E-state index contributed by atoms with van der Waals surface area (Å²) in [4.78, 5) is 28.9. The number of carboxylic acid groups (broad SMARTS) is 1. The summed E-state index contributed by atoms with van der Waals surface area (Å²) in [5, 5.41) is 11.7. The standard InChI is InChI=1S/C17H20N2O3S/c1-2-8-19(11-17(21)22)16(20)10-14-12-23-15(18-14)9-13-6-4-3-5-7-13/h3-7,12H,2,8-11H2,1H3,(H,21,22). The minimum atomic E-state index is -0.991. The number of aliphatic carboxylic acids is 1. The fraction of sp³-hybridized carbons (Fsp3) is 0.353. The van der Waals surface area contributed by atoms with E-state index in [4.69, 9.17) is 5.11 Å². The molecule has 1 aromatic heterocycles. The fourth-order valence-electron chi connectivity index (χ4n) is 2.27. The van der Waals surface area contributed by atoms with Gasteiger partial charge >= 0.3 is 5.97 Å². The highest BCUT2D eigenvalue weighted by Crippen LogP contribution is 2.15. The Morgan fingerprint density at radius 2 is 2.00 bits per heavy atom. The van der Waals surface area contributed by atoms with Gasteiger partial charge in [-0.05, 0) is 12.0 Å². The molecular weight excluding hydrogens is 312 g/mol. The number of carbonyl (C=O) groups excluding carboxylic acids is 1. The monoisotopic (exact) mass is 332 g/mol. The Morgan fingerprint density at radius 3 is 2.65 bits per heavy atom. The zero-order chi connectivity index (χ0) is 16.7. The fourth-order valence-corrected chi connectivity index (χ4v) is 3.10. The number of hydrogen-bond acceptors (Lipinski definition) is 4. The number of carbonyl (C=O) groups is 2. The van der Waals surface area contributed by atoms with Crippen LogP contribution in [0.1, 0.15) is 29.6 Å². The van der Waals surface area contributed by atoms with Crippen molar-refractivity contribution in [2.24, 2.45) is 0 Å². The molecule has 1 amide bonds. The summed E-state index contributed by atoms with van der Waals surface area (Å²) in [5.74, 6) is -1.18. The lowest BCUT2D eigenvalue weighted by Crippen LogP contribution is -2.37. The number of thiazole rings is 1. The first-order valence-electron chi connectivity index (χ1n) is 7.55. The van der Waals surface area contributed by atoms with E-state index in [1.54, 1.807) is 0 Å². The lowest BCUT2D eigenvalue weighted by atomic mass is 10.2. The Balaban J connectivity index is 1.97. The van der Waals surface area contributed by atoms with Gasteiger partial charge in [-0.25, -0.2) is 4.98 Å². The first-order chi connectivity index (χ1) is 11.1. The molecule has 0 radical (unpaired) electrons. The SMILES string of the molecule is CCCN(CC(=O)O)C(=O)Cc1csc(Cc2ccccc2)n1. The Labute approximate surface area is 139 Å². The van der Waals surface area contributed by atoms with Crippen molar-refractivity contribution in [1.29, 1.82) is 0 Å². The highest BCUT2D eigenvalue weighted by molar-refractivity contribution is 7.09. The van der Waals surface area contributed by atoms with Crippen molar-refractivity contribution in [3.63, 3.8) is 0 Å². The summed E-state index contributed by atoms with van der Waals surface area (Å²) < 4.78 is 0. The number of aromatic nitrogens is 1. The molecule has 23 heavy (non-hydrogen) atoms. The largest absolute Gasteiger partial charge is 0.480 e. The van der Waals surface area contributed by atoms with E-state index < -0.39 is 5.97 Å². The molecule has 2 rings (SSSR count). The molecule has 5 nitrogen and oxygen atoms in total. The normalized spacial score (nSPS) is 10.5. The van der Waals surface area contributed by atoms with Crippen LogP contribution in [0.2, 0.25) is 0 Å². The van der Waals surface area contributed by atoms with Gasteiger partial charge in [-0.3, -0.25) is 9.59 Å². The average molecular weight is 332 g/mol. The molecule has 1 heterocycles. The van der Waals surface area contributed by atoms with Gasteiger partial charge in [-0.15, -0.1) is 11.3 Å². The highest BCUT2D eigenvalue weighted by atomic mass is 32.1. The van der Waals surface area contributed by atoms with E-state index in [0.717, 1.165) is 17.8 Å². The maximum atomic E-state index is 12.2. The third kappa shape index (κ3) is 5.49. The Kier molecular flexibility index (Phi) is 6.29. The van der Waals surface area contributed by atoms with Crippen molar-refractivity contribution in [3.05, 3.63) is 52.0 Å². The average Bonchev–Trinajstić information content (AvgIpc) is 2.94. The molecule has 0 saturated heterocycles. The zero-order valence-electron chi connectivity index (χ0n) is 13.1. The lowest BCUT2D eigenvalue weighted by molar-refractivity contribution is -0.144. The van der Waals surface area contributed by atoms with Gasteiger partial charge in [0.05, 0.1) is 17.1 Å². The lowest BCUT2D eigenvalue weighted by Gasteiger charge is -2.19. The molecule has 2 aromatic rings. The van der Waals surface area contributed by atoms with Crippen LogP contribution in [0.15, 0.2) is 35.7 Å². The summed E-state index contributed by atoms with van der Waals surface area (Å²) in [5.41, 5.74) is 1.88. The van der Waals surface area contributed by atoms with E-state index in [9.17, 15) is 9.59 Å². The number of carboxylic acids is 1. The van der Waals surface area contributed by atoms with Crippen LogP contribution in [0.5, 0.6) is 0 Å². The minimum absolute atomic E-state index is 0.151. The van der Waals surface area contributed by atoms with Gasteiger partial charge in [0.15, 0.2) is 0 Å². The molecule has 0 bridgehead atoms. The quantitative estimate of drug-likeness (QED) is 0.806. The predicted octanol–water partition coefficient (Wildman–Crippen LogP) is 2.60. The van der Waals surface area contributed by atoms with Gasteiger partial charge < -0.3 is 10.0 Å². The van der Waals surface area contributed by atoms with E-state index in [1.165, 1.54) is 21.8 Å². The van der Waals surface area contributed by atoms with Crippen LogP contribution >= 0.6 is 11.3 Å². The minimum Gasteiger partial charge on any atom is -0.480 e. The summed E-state index contributed by atoms with van der Waals surface area (Å²) in [6.45, 7) is 2.11. The zero-order valence-corrected chi connectivity index (χ0v) is 13.9. The van der Waals surface area contributed by atoms with E-state index in [1.807, 2.05) is 42.6 Å². The predicted molar refractivity (Wildman–Crippen MR) is 89.6 cm³/mol. The number of amides is 1. The third-order valence-electron chi connectivity index (χ3n) is 3.30. The van der Waals surface area contributed by atoms with Crippen molar-refractivity contribution >= 4 is 23.2 Å². The van der Waals surface area contributed by atoms with E-state index in [2.05, 4.69) is 4.98 Å². The van der Waals surface area contributed by atoms with E-state index >= 15 is 0 Å². The van der Waals surface area contributed by atoms with Crippen molar-refractivity contribution in [2.45, 2.75) is 26.2 Å².